The summed E-state index contributed by atoms with van der Waals surface area (Å²) in [6.45, 7) is 8.08. The minimum atomic E-state index is -0.197. The first-order valence-corrected chi connectivity index (χ1v) is 5.91. The third-order valence-corrected chi connectivity index (χ3v) is 2.87. The van der Waals surface area contributed by atoms with Gasteiger partial charge in [0, 0.05) is 23.9 Å². The van der Waals surface area contributed by atoms with Gasteiger partial charge in [-0.25, -0.2) is 5.01 Å². The van der Waals surface area contributed by atoms with Crippen LogP contribution in [0.5, 0.6) is 0 Å². The van der Waals surface area contributed by atoms with Crippen LogP contribution in [0, 0.1) is 5.41 Å². The highest BCUT2D eigenvalue weighted by molar-refractivity contribution is 5.99. The van der Waals surface area contributed by atoms with E-state index in [1.54, 1.807) is 31.3 Å². The summed E-state index contributed by atoms with van der Waals surface area (Å²) in [7, 11) is 1.64. The van der Waals surface area contributed by atoms with E-state index in [2.05, 4.69) is 25.9 Å². The van der Waals surface area contributed by atoms with Crippen molar-refractivity contribution in [2.24, 2.45) is 10.5 Å². The van der Waals surface area contributed by atoms with Crippen molar-refractivity contribution >= 4 is 17.3 Å². The molecule has 0 saturated heterocycles. The summed E-state index contributed by atoms with van der Waals surface area (Å²) in [5, 5.41) is 5.65. The molecule has 0 radical (unpaired) electrons. The van der Waals surface area contributed by atoms with Crippen molar-refractivity contribution in [2.45, 2.75) is 27.7 Å². The van der Waals surface area contributed by atoms with Crippen LogP contribution in [-0.2, 0) is 0 Å². The van der Waals surface area contributed by atoms with Gasteiger partial charge in [-0.05, 0) is 19.1 Å². The zero-order valence-corrected chi connectivity index (χ0v) is 11.7. The van der Waals surface area contributed by atoms with E-state index in [4.69, 9.17) is 5.73 Å². The van der Waals surface area contributed by atoms with Crippen LogP contribution in [0.3, 0.4) is 0 Å². The number of hydrogen-bond donors (Lipinski definition) is 1. The Morgan fingerprint density at radius 3 is 2.33 bits per heavy atom. The van der Waals surface area contributed by atoms with Gasteiger partial charge in [0.15, 0.2) is 0 Å². The zero-order valence-electron chi connectivity index (χ0n) is 11.7. The van der Waals surface area contributed by atoms with Crippen molar-refractivity contribution in [3.05, 3.63) is 29.8 Å². The Morgan fingerprint density at radius 1 is 1.28 bits per heavy atom. The Bertz CT molecular complexity index is 472. The van der Waals surface area contributed by atoms with E-state index in [-0.39, 0.29) is 11.3 Å². The van der Waals surface area contributed by atoms with Crippen molar-refractivity contribution in [2.75, 3.05) is 12.8 Å². The maximum absolute atomic E-state index is 12.2. The first-order valence-electron chi connectivity index (χ1n) is 5.91. The minimum absolute atomic E-state index is 0.0588. The van der Waals surface area contributed by atoms with E-state index in [1.807, 2.05) is 6.92 Å². The van der Waals surface area contributed by atoms with Crippen molar-refractivity contribution < 1.29 is 4.79 Å². The molecule has 4 nitrogen and oxygen atoms in total. The summed E-state index contributed by atoms with van der Waals surface area (Å²) >= 11 is 0. The largest absolute Gasteiger partial charge is 0.398 e. The fraction of sp³-hybridized carbons (Fsp3) is 0.429. The Labute approximate surface area is 108 Å². The maximum Gasteiger partial charge on any atom is 0.275 e. The number of para-hydroxylation sites is 1. The summed E-state index contributed by atoms with van der Waals surface area (Å²) in [6.07, 6.45) is 0. The molecular weight excluding hydrogens is 226 g/mol. The Hall–Kier alpha value is -1.84. The average molecular weight is 247 g/mol. The number of hydrogen-bond acceptors (Lipinski definition) is 3. The Morgan fingerprint density at radius 2 is 1.83 bits per heavy atom. The molecule has 0 bridgehead atoms. The number of nitrogen functional groups attached to an aromatic ring is 1. The molecule has 18 heavy (non-hydrogen) atoms. The van der Waals surface area contributed by atoms with Crippen molar-refractivity contribution in [3.63, 3.8) is 0 Å². The number of carbonyl (C=O) groups is 1. The topological polar surface area (TPSA) is 58.7 Å². The first kappa shape index (κ1) is 14.2. The molecule has 0 aliphatic carbocycles. The molecule has 0 aliphatic heterocycles. The van der Waals surface area contributed by atoms with Gasteiger partial charge in [0.1, 0.15) is 0 Å². The Kier molecular flexibility index (Phi) is 4.11. The molecule has 2 N–H and O–H groups in total. The molecule has 0 fully saturated rings. The monoisotopic (exact) mass is 247 g/mol. The SMILES string of the molecule is C/C(=N/N(C)C(=O)c1ccccc1N)C(C)(C)C. The van der Waals surface area contributed by atoms with Crippen LogP contribution in [0.2, 0.25) is 0 Å². The summed E-state index contributed by atoms with van der Waals surface area (Å²) in [4.78, 5) is 12.2. The van der Waals surface area contributed by atoms with Crippen LogP contribution in [-0.4, -0.2) is 23.7 Å². The van der Waals surface area contributed by atoms with Crippen LogP contribution in [0.15, 0.2) is 29.4 Å². The second-order valence-corrected chi connectivity index (χ2v) is 5.35. The van der Waals surface area contributed by atoms with E-state index in [1.165, 1.54) is 5.01 Å². The number of rotatable bonds is 2. The van der Waals surface area contributed by atoms with Gasteiger partial charge in [-0.2, -0.15) is 5.10 Å². The number of carbonyl (C=O) groups excluding carboxylic acids is 1. The van der Waals surface area contributed by atoms with E-state index in [0.29, 0.717) is 11.3 Å². The van der Waals surface area contributed by atoms with Crippen LogP contribution in [0.25, 0.3) is 0 Å². The minimum Gasteiger partial charge on any atom is -0.398 e. The normalized spacial score (nSPS) is 12.4. The van der Waals surface area contributed by atoms with E-state index < -0.39 is 0 Å². The summed E-state index contributed by atoms with van der Waals surface area (Å²) in [6, 6.07) is 7.01. The molecule has 0 unspecified atom stereocenters. The summed E-state index contributed by atoms with van der Waals surface area (Å²) in [5.41, 5.74) is 7.56. The van der Waals surface area contributed by atoms with Crippen LogP contribution >= 0.6 is 0 Å². The van der Waals surface area contributed by atoms with Gasteiger partial charge in [-0.15, -0.1) is 0 Å². The molecule has 0 spiro atoms. The molecule has 1 rings (SSSR count). The molecule has 0 saturated carbocycles. The van der Waals surface area contributed by atoms with E-state index in [0.717, 1.165) is 5.71 Å². The standard InChI is InChI=1S/C14H21N3O/c1-10(14(2,3)4)16-17(5)13(18)11-8-6-7-9-12(11)15/h6-9H,15H2,1-5H3/b16-10-. The Balaban J connectivity index is 2.96. The number of anilines is 1. The number of benzene rings is 1. The number of hydrazone groups is 1. The van der Waals surface area contributed by atoms with Gasteiger partial charge < -0.3 is 5.73 Å². The van der Waals surface area contributed by atoms with E-state index >= 15 is 0 Å². The maximum atomic E-state index is 12.2. The smallest absolute Gasteiger partial charge is 0.275 e. The van der Waals surface area contributed by atoms with Gasteiger partial charge in [-0.3, -0.25) is 4.79 Å². The molecule has 98 valence electrons. The molecule has 4 heteroatoms. The summed E-state index contributed by atoms with van der Waals surface area (Å²) in [5.74, 6) is -0.197. The van der Waals surface area contributed by atoms with Gasteiger partial charge in [0.25, 0.3) is 5.91 Å². The molecule has 1 amide bonds. The molecule has 1 aromatic carbocycles. The predicted molar refractivity (Wildman–Crippen MR) is 75.5 cm³/mol. The molecule has 0 aliphatic rings. The number of nitrogens with two attached hydrogens (primary N) is 1. The fourth-order valence-electron chi connectivity index (χ4n) is 1.29. The summed E-state index contributed by atoms with van der Waals surface area (Å²) < 4.78 is 0. The van der Waals surface area contributed by atoms with Gasteiger partial charge in [0.2, 0.25) is 0 Å². The highest BCUT2D eigenvalue weighted by atomic mass is 16.2. The highest BCUT2D eigenvalue weighted by Crippen LogP contribution is 2.17. The van der Waals surface area contributed by atoms with E-state index in [9.17, 15) is 4.79 Å². The van der Waals surface area contributed by atoms with Crippen molar-refractivity contribution in [1.82, 2.24) is 5.01 Å². The lowest BCUT2D eigenvalue weighted by Crippen LogP contribution is -2.27. The lowest BCUT2D eigenvalue weighted by Gasteiger charge is -2.21. The van der Waals surface area contributed by atoms with Gasteiger partial charge in [-0.1, -0.05) is 32.9 Å². The number of amides is 1. The first-order chi connectivity index (χ1) is 8.23. The lowest BCUT2D eigenvalue weighted by molar-refractivity contribution is 0.0799. The van der Waals surface area contributed by atoms with Gasteiger partial charge in [0.05, 0.1) is 5.56 Å². The lowest BCUT2D eigenvalue weighted by atomic mass is 9.91. The predicted octanol–water partition coefficient (Wildman–Crippen LogP) is 2.76. The van der Waals surface area contributed by atoms with Crippen LogP contribution in [0.4, 0.5) is 5.69 Å². The fourth-order valence-corrected chi connectivity index (χ4v) is 1.29. The molecular formula is C14H21N3O. The third kappa shape index (κ3) is 3.32. The zero-order chi connectivity index (χ0) is 13.9. The second kappa shape index (κ2) is 5.21. The average Bonchev–Trinajstić information content (AvgIpc) is 2.27. The number of nitrogens with zero attached hydrogens (tertiary/aromatic N) is 2. The highest BCUT2D eigenvalue weighted by Gasteiger charge is 2.18. The van der Waals surface area contributed by atoms with Gasteiger partial charge >= 0.3 is 0 Å². The van der Waals surface area contributed by atoms with Crippen molar-refractivity contribution in [1.29, 1.82) is 0 Å². The van der Waals surface area contributed by atoms with Crippen LogP contribution < -0.4 is 5.73 Å². The molecule has 0 atom stereocenters. The molecule has 1 aromatic rings. The molecule has 0 heterocycles. The molecule has 0 aromatic heterocycles. The quantitative estimate of drug-likeness (QED) is 0.496. The van der Waals surface area contributed by atoms with Crippen molar-refractivity contribution in [3.8, 4) is 0 Å². The third-order valence-electron chi connectivity index (χ3n) is 2.87. The second-order valence-electron chi connectivity index (χ2n) is 5.35. The van der Waals surface area contributed by atoms with Crippen LogP contribution in [0.1, 0.15) is 38.1 Å².